The average molecular weight is 497 g/mol. The van der Waals surface area contributed by atoms with Crippen LogP contribution in [0.3, 0.4) is 0 Å². The highest BCUT2D eigenvalue weighted by Crippen LogP contribution is 2.30. The van der Waals surface area contributed by atoms with Gasteiger partial charge in [-0.15, -0.1) is 0 Å². The van der Waals surface area contributed by atoms with Crippen LogP contribution >= 0.6 is 0 Å². The molecule has 1 fully saturated rings. The summed E-state index contributed by atoms with van der Waals surface area (Å²) in [6.45, 7) is 3.22. The molecular formula is C31H32N2O4. The van der Waals surface area contributed by atoms with Crippen LogP contribution in [0.25, 0.3) is 23.3 Å². The van der Waals surface area contributed by atoms with Crippen LogP contribution in [-0.2, 0) is 11.3 Å². The molecule has 3 aromatic rings. The van der Waals surface area contributed by atoms with Crippen molar-refractivity contribution in [3.8, 4) is 22.9 Å². The van der Waals surface area contributed by atoms with E-state index in [0.717, 1.165) is 46.2 Å². The molecule has 1 aliphatic heterocycles. The number of benzene rings is 3. The largest absolute Gasteiger partial charge is 0.491 e. The lowest BCUT2D eigenvalue weighted by Gasteiger charge is -2.33. The van der Waals surface area contributed by atoms with Gasteiger partial charge in [-0.25, -0.2) is 0 Å². The topological polar surface area (TPSA) is 93.8 Å². The van der Waals surface area contributed by atoms with E-state index < -0.39 is 12.0 Å². The van der Waals surface area contributed by atoms with Crippen molar-refractivity contribution in [3.05, 3.63) is 88.5 Å². The number of aliphatic hydroxyl groups excluding tert-OH is 1. The van der Waals surface area contributed by atoms with Gasteiger partial charge in [0.1, 0.15) is 24.5 Å². The molecule has 0 bridgehead atoms. The van der Waals surface area contributed by atoms with Gasteiger partial charge < -0.3 is 14.9 Å². The summed E-state index contributed by atoms with van der Waals surface area (Å²) in [5.41, 5.74) is 6.15. The first-order valence-corrected chi connectivity index (χ1v) is 12.6. The minimum absolute atomic E-state index is 0.101. The van der Waals surface area contributed by atoms with Crippen LogP contribution in [0.5, 0.6) is 5.75 Å². The van der Waals surface area contributed by atoms with Crippen molar-refractivity contribution in [1.29, 1.82) is 5.26 Å². The van der Waals surface area contributed by atoms with Crippen molar-refractivity contribution in [3.63, 3.8) is 0 Å². The van der Waals surface area contributed by atoms with Gasteiger partial charge in [-0.3, -0.25) is 9.69 Å². The molecule has 1 aliphatic rings. The Morgan fingerprint density at radius 1 is 1.11 bits per heavy atom. The summed E-state index contributed by atoms with van der Waals surface area (Å²) < 4.78 is 5.83. The molecule has 6 heteroatoms. The average Bonchev–Trinajstić information content (AvgIpc) is 2.92. The number of nitrogens with zero attached hydrogens (tertiary/aromatic N) is 2. The molecule has 0 aliphatic carbocycles. The van der Waals surface area contributed by atoms with Gasteiger partial charge in [-0.1, -0.05) is 67.1 Å². The summed E-state index contributed by atoms with van der Waals surface area (Å²) >= 11 is 0. The molecule has 6 nitrogen and oxygen atoms in total. The first-order valence-electron chi connectivity index (χ1n) is 12.6. The SMILES string of the molecule is Cc1cc(OCCO)c(CN2CCCCC2C(=O)O)cc1C=Cc1cccc(-c2ccccc2)c1C#N. The quantitative estimate of drug-likeness (QED) is 0.379. The summed E-state index contributed by atoms with van der Waals surface area (Å²) in [6.07, 6.45) is 6.45. The van der Waals surface area contributed by atoms with Crippen molar-refractivity contribution < 1.29 is 19.7 Å². The fourth-order valence-electron chi connectivity index (χ4n) is 4.89. The number of ether oxygens (including phenoxy) is 1. The number of aryl methyl sites for hydroxylation is 1. The van der Waals surface area contributed by atoms with Gasteiger partial charge in [-0.2, -0.15) is 5.26 Å². The van der Waals surface area contributed by atoms with Crippen molar-refractivity contribution in [1.82, 2.24) is 4.90 Å². The molecule has 190 valence electrons. The van der Waals surface area contributed by atoms with E-state index in [0.29, 0.717) is 30.8 Å². The molecule has 0 radical (unpaired) electrons. The van der Waals surface area contributed by atoms with Crippen LogP contribution in [0.2, 0.25) is 0 Å². The van der Waals surface area contributed by atoms with Gasteiger partial charge in [0.15, 0.2) is 0 Å². The summed E-state index contributed by atoms with van der Waals surface area (Å²) in [5.74, 6) is -0.144. The number of carboxylic acid groups (broad SMARTS) is 1. The monoisotopic (exact) mass is 496 g/mol. The van der Waals surface area contributed by atoms with E-state index in [1.54, 1.807) is 0 Å². The summed E-state index contributed by atoms with van der Waals surface area (Å²) in [7, 11) is 0. The number of aliphatic carboxylic acids is 1. The van der Waals surface area contributed by atoms with E-state index in [-0.39, 0.29) is 13.2 Å². The van der Waals surface area contributed by atoms with E-state index >= 15 is 0 Å². The molecule has 2 N–H and O–H groups in total. The molecule has 37 heavy (non-hydrogen) atoms. The number of piperidine rings is 1. The third-order valence-electron chi connectivity index (χ3n) is 6.81. The van der Waals surface area contributed by atoms with E-state index in [9.17, 15) is 20.3 Å². The molecule has 0 aromatic heterocycles. The highest BCUT2D eigenvalue weighted by Gasteiger charge is 2.29. The van der Waals surface area contributed by atoms with Gasteiger partial charge in [0.2, 0.25) is 0 Å². The van der Waals surface area contributed by atoms with Gasteiger partial charge in [0.25, 0.3) is 0 Å². The normalized spacial score (nSPS) is 16.0. The number of rotatable bonds is 9. The third kappa shape index (κ3) is 6.26. The van der Waals surface area contributed by atoms with Crippen LogP contribution in [0.4, 0.5) is 0 Å². The van der Waals surface area contributed by atoms with Gasteiger partial charge in [0.05, 0.1) is 12.2 Å². The minimum Gasteiger partial charge on any atom is -0.491 e. The smallest absolute Gasteiger partial charge is 0.320 e. The lowest BCUT2D eigenvalue weighted by molar-refractivity contribution is -0.144. The molecule has 1 heterocycles. The number of hydrogen-bond donors (Lipinski definition) is 2. The van der Waals surface area contributed by atoms with Crippen LogP contribution in [0, 0.1) is 18.3 Å². The first kappa shape index (κ1) is 26.2. The van der Waals surface area contributed by atoms with Crippen LogP contribution in [-0.4, -0.2) is 46.9 Å². The van der Waals surface area contributed by atoms with Crippen LogP contribution in [0.1, 0.15) is 47.1 Å². The predicted octanol–water partition coefficient (Wildman–Crippen LogP) is 5.51. The Balaban J connectivity index is 1.68. The molecule has 3 aromatic carbocycles. The highest BCUT2D eigenvalue weighted by atomic mass is 16.5. The van der Waals surface area contributed by atoms with Crippen molar-refractivity contribution in [2.75, 3.05) is 19.8 Å². The van der Waals surface area contributed by atoms with Crippen molar-refractivity contribution in [2.24, 2.45) is 0 Å². The molecule has 0 amide bonds. The molecule has 4 rings (SSSR count). The van der Waals surface area contributed by atoms with Crippen LogP contribution in [0.15, 0.2) is 60.7 Å². The molecule has 0 saturated carbocycles. The number of aliphatic hydroxyl groups is 1. The van der Waals surface area contributed by atoms with E-state index in [2.05, 4.69) is 6.07 Å². The molecule has 1 atom stereocenters. The first-order chi connectivity index (χ1) is 18.0. The molecule has 1 unspecified atom stereocenters. The summed E-state index contributed by atoms with van der Waals surface area (Å²) in [5, 5.41) is 29.0. The lowest BCUT2D eigenvalue weighted by atomic mass is 9.95. The standard InChI is InChI=1S/C31H32N2O4/c1-22-18-30(37-17-16-34)26(21-33-15-6-5-12-29(33)31(35)36)19-25(22)14-13-24-10-7-11-27(28(24)20-32)23-8-3-2-4-9-23/h2-4,7-11,13-14,18-19,29,34H,5-6,12,15-17,21H2,1H3,(H,35,36). The zero-order chi connectivity index (χ0) is 26.2. The second-order valence-electron chi connectivity index (χ2n) is 9.29. The zero-order valence-electron chi connectivity index (χ0n) is 21.1. The summed E-state index contributed by atoms with van der Waals surface area (Å²) in [4.78, 5) is 13.8. The Labute approximate surface area is 218 Å². The van der Waals surface area contributed by atoms with E-state index in [1.165, 1.54) is 0 Å². The second-order valence-corrected chi connectivity index (χ2v) is 9.29. The molecule has 0 spiro atoms. The fraction of sp³-hybridized carbons (Fsp3) is 0.290. The Morgan fingerprint density at radius 3 is 2.62 bits per heavy atom. The van der Waals surface area contributed by atoms with E-state index in [4.69, 9.17) is 4.74 Å². The van der Waals surface area contributed by atoms with Gasteiger partial charge in [-0.05, 0) is 60.7 Å². The number of nitriles is 1. The number of hydrogen-bond acceptors (Lipinski definition) is 5. The minimum atomic E-state index is -0.799. The van der Waals surface area contributed by atoms with Crippen molar-refractivity contribution >= 4 is 18.1 Å². The third-order valence-corrected chi connectivity index (χ3v) is 6.81. The maximum Gasteiger partial charge on any atom is 0.320 e. The fourth-order valence-corrected chi connectivity index (χ4v) is 4.89. The number of carboxylic acids is 1. The number of carbonyl (C=O) groups is 1. The second kappa shape index (κ2) is 12.4. The Morgan fingerprint density at radius 2 is 1.89 bits per heavy atom. The van der Waals surface area contributed by atoms with Crippen LogP contribution < -0.4 is 4.74 Å². The van der Waals surface area contributed by atoms with E-state index in [1.807, 2.05) is 84.6 Å². The maximum absolute atomic E-state index is 11.8. The predicted molar refractivity (Wildman–Crippen MR) is 145 cm³/mol. The van der Waals surface area contributed by atoms with Gasteiger partial charge >= 0.3 is 5.97 Å². The number of likely N-dealkylation sites (tertiary alicyclic amines) is 1. The molecule has 1 saturated heterocycles. The Kier molecular flexibility index (Phi) is 8.73. The Hall–Kier alpha value is -3.92. The zero-order valence-corrected chi connectivity index (χ0v) is 21.1. The van der Waals surface area contributed by atoms with Gasteiger partial charge in [0, 0.05) is 17.7 Å². The Bertz CT molecular complexity index is 1310. The molecular weight excluding hydrogens is 464 g/mol. The lowest BCUT2D eigenvalue weighted by Crippen LogP contribution is -2.44. The van der Waals surface area contributed by atoms with Crippen molar-refractivity contribution in [2.45, 2.75) is 38.8 Å². The summed E-state index contributed by atoms with van der Waals surface area (Å²) in [6, 6.07) is 21.5. The maximum atomic E-state index is 11.8. The highest BCUT2D eigenvalue weighted by molar-refractivity contribution is 5.81.